The number of allylic oxidation sites excluding steroid dienone is 5. The van der Waals surface area contributed by atoms with Crippen LogP contribution >= 0.6 is 0 Å². The highest BCUT2D eigenvalue weighted by atomic mass is 14.9. The van der Waals surface area contributed by atoms with Crippen LogP contribution in [0.5, 0.6) is 0 Å². The van der Waals surface area contributed by atoms with E-state index in [-0.39, 0.29) is 0 Å². The van der Waals surface area contributed by atoms with Crippen molar-refractivity contribution in [3.63, 3.8) is 0 Å². The van der Waals surface area contributed by atoms with Crippen LogP contribution in [0.2, 0.25) is 0 Å². The van der Waals surface area contributed by atoms with Gasteiger partial charge in [-0.05, 0) is 16.7 Å². The van der Waals surface area contributed by atoms with Gasteiger partial charge in [0, 0.05) is 18.1 Å². The van der Waals surface area contributed by atoms with E-state index in [9.17, 15) is 0 Å². The van der Waals surface area contributed by atoms with Crippen molar-refractivity contribution in [1.29, 1.82) is 0 Å². The molecule has 1 heteroatoms. The Kier molecular flexibility index (Phi) is 4.45. The summed E-state index contributed by atoms with van der Waals surface area (Å²) in [6.45, 7) is 0. The van der Waals surface area contributed by atoms with Gasteiger partial charge in [-0.25, -0.2) is 4.57 Å². The number of pyridine rings is 1. The molecule has 1 aromatic carbocycles. The molecule has 0 radical (unpaired) electrons. The minimum absolute atomic E-state index is 0.443. The van der Waals surface area contributed by atoms with E-state index in [1.54, 1.807) is 0 Å². The monoisotopic (exact) mass is 286 g/mol. The lowest BCUT2D eigenvalue weighted by molar-refractivity contribution is -0.671. The highest BCUT2D eigenvalue weighted by Crippen LogP contribution is 2.14. The van der Waals surface area contributed by atoms with E-state index < -0.39 is 0 Å². The molecule has 0 spiro atoms. The van der Waals surface area contributed by atoms with Crippen molar-refractivity contribution in [2.24, 2.45) is 13.0 Å². The zero-order chi connectivity index (χ0) is 15.2. The largest absolute Gasteiger partial charge is 0.208 e. The molecule has 0 aliphatic heterocycles. The maximum absolute atomic E-state index is 2.22. The lowest BCUT2D eigenvalue weighted by atomic mass is 10.1. The third-order valence-electron chi connectivity index (χ3n) is 3.70. The fraction of sp³-hybridized carbons (Fsp3) is 0.0952. The first-order valence-electron chi connectivity index (χ1n) is 7.56. The molecule has 1 heterocycles. The van der Waals surface area contributed by atoms with Crippen LogP contribution in [0.4, 0.5) is 0 Å². The van der Waals surface area contributed by atoms with Crippen molar-refractivity contribution in [2.75, 3.05) is 0 Å². The Morgan fingerprint density at radius 1 is 0.727 bits per heavy atom. The number of aromatic nitrogens is 1. The smallest absolute Gasteiger partial charge is 0.169 e. The minimum Gasteiger partial charge on any atom is -0.208 e. The fourth-order valence-electron chi connectivity index (χ4n) is 2.33. The van der Waals surface area contributed by atoms with Gasteiger partial charge in [0.15, 0.2) is 12.4 Å². The Morgan fingerprint density at radius 2 is 1.23 bits per heavy atom. The van der Waals surface area contributed by atoms with E-state index in [1.807, 2.05) is 11.6 Å². The van der Waals surface area contributed by atoms with Crippen LogP contribution in [0.25, 0.3) is 18.2 Å². The van der Waals surface area contributed by atoms with Gasteiger partial charge in [0.25, 0.3) is 0 Å². The Labute approximate surface area is 132 Å². The maximum atomic E-state index is 2.22. The molecule has 0 fully saturated rings. The van der Waals surface area contributed by atoms with Crippen molar-refractivity contribution in [3.8, 4) is 0 Å². The molecule has 108 valence electrons. The molecule has 0 N–H and O–H groups in total. The summed E-state index contributed by atoms with van der Waals surface area (Å²) < 4.78 is 2.03. The van der Waals surface area contributed by atoms with Gasteiger partial charge < -0.3 is 0 Å². The van der Waals surface area contributed by atoms with Gasteiger partial charge in [0.1, 0.15) is 7.05 Å². The second-order valence-corrected chi connectivity index (χ2v) is 5.50. The predicted molar refractivity (Wildman–Crippen MR) is 93.8 cm³/mol. The average molecular weight is 286 g/mol. The number of nitrogens with zero attached hydrogens (tertiary/aromatic N) is 1. The summed E-state index contributed by atoms with van der Waals surface area (Å²) in [5.74, 6) is 0.443. The van der Waals surface area contributed by atoms with Crippen LogP contribution in [-0.2, 0) is 7.05 Å². The van der Waals surface area contributed by atoms with E-state index in [1.165, 1.54) is 16.7 Å². The molecular weight excluding hydrogens is 266 g/mol. The van der Waals surface area contributed by atoms with Crippen molar-refractivity contribution < 1.29 is 4.57 Å². The maximum Gasteiger partial charge on any atom is 0.169 e. The van der Waals surface area contributed by atoms with Gasteiger partial charge in [-0.1, -0.05) is 72.9 Å². The SMILES string of the molecule is C[n+]1ccc(/C=C/c2ccc(/C=C/C3C=CC=C3)cc2)cc1. The first-order chi connectivity index (χ1) is 10.8. The number of benzene rings is 1. The number of rotatable bonds is 4. The van der Waals surface area contributed by atoms with E-state index in [0.29, 0.717) is 5.92 Å². The molecule has 0 saturated carbocycles. The van der Waals surface area contributed by atoms with E-state index in [4.69, 9.17) is 0 Å². The number of aryl methyl sites for hydroxylation is 1. The summed E-state index contributed by atoms with van der Waals surface area (Å²) in [7, 11) is 2.02. The van der Waals surface area contributed by atoms with Crippen molar-refractivity contribution in [2.45, 2.75) is 0 Å². The van der Waals surface area contributed by atoms with Crippen LogP contribution in [0, 0.1) is 5.92 Å². The van der Waals surface area contributed by atoms with Crippen LogP contribution in [0.1, 0.15) is 16.7 Å². The molecular formula is C21H20N+. The number of hydrogen-bond acceptors (Lipinski definition) is 0. The Balaban J connectivity index is 1.64. The van der Waals surface area contributed by atoms with Gasteiger partial charge in [-0.2, -0.15) is 0 Å². The van der Waals surface area contributed by atoms with Gasteiger partial charge in [0.05, 0.1) is 0 Å². The average Bonchev–Trinajstić information content (AvgIpc) is 3.07. The lowest BCUT2D eigenvalue weighted by Crippen LogP contribution is -2.25. The Hall–Kier alpha value is -2.67. The lowest BCUT2D eigenvalue weighted by Gasteiger charge is -1.98. The van der Waals surface area contributed by atoms with E-state index >= 15 is 0 Å². The van der Waals surface area contributed by atoms with Crippen LogP contribution in [0.3, 0.4) is 0 Å². The van der Waals surface area contributed by atoms with Gasteiger partial charge >= 0.3 is 0 Å². The zero-order valence-corrected chi connectivity index (χ0v) is 12.8. The first-order valence-corrected chi connectivity index (χ1v) is 7.56. The normalized spacial score (nSPS) is 14.6. The first kappa shape index (κ1) is 14.3. The van der Waals surface area contributed by atoms with E-state index in [2.05, 4.69) is 97.4 Å². The van der Waals surface area contributed by atoms with Crippen LogP contribution in [-0.4, -0.2) is 0 Å². The van der Waals surface area contributed by atoms with Gasteiger partial charge in [0.2, 0.25) is 0 Å². The molecule has 1 aromatic heterocycles. The predicted octanol–water partition coefficient (Wildman–Crippen LogP) is 4.44. The third-order valence-corrected chi connectivity index (χ3v) is 3.70. The van der Waals surface area contributed by atoms with Gasteiger partial charge in [-0.15, -0.1) is 0 Å². The molecule has 1 aliphatic rings. The molecule has 1 aliphatic carbocycles. The quantitative estimate of drug-likeness (QED) is 0.732. The number of hydrogen-bond donors (Lipinski definition) is 0. The summed E-state index contributed by atoms with van der Waals surface area (Å²) in [6, 6.07) is 12.8. The second-order valence-electron chi connectivity index (χ2n) is 5.50. The van der Waals surface area contributed by atoms with Crippen LogP contribution < -0.4 is 4.57 Å². The van der Waals surface area contributed by atoms with Crippen LogP contribution in [0.15, 0.2) is 79.2 Å². The Morgan fingerprint density at radius 3 is 1.82 bits per heavy atom. The fourth-order valence-corrected chi connectivity index (χ4v) is 2.33. The summed E-state index contributed by atoms with van der Waals surface area (Å²) in [5, 5.41) is 0. The summed E-state index contributed by atoms with van der Waals surface area (Å²) in [5.41, 5.74) is 3.66. The van der Waals surface area contributed by atoms with Crippen molar-refractivity contribution in [3.05, 3.63) is 95.9 Å². The molecule has 1 nitrogen and oxygen atoms in total. The van der Waals surface area contributed by atoms with Gasteiger partial charge in [-0.3, -0.25) is 0 Å². The minimum atomic E-state index is 0.443. The van der Waals surface area contributed by atoms with Crippen molar-refractivity contribution >= 4 is 18.2 Å². The standard InChI is InChI=1S/C21H20N/c1-22-16-14-21(15-17-22)13-12-20-10-8-19(9-11-20)7-6-18-4-2-3-5-18/h2-18H,1H3/q+1/b7-6+,13-12+. The third kappa shape index (κ3) is 3.92. The highest BCUT2D eigenvalue weighted by molar-refractivity contribution is 5.69. The summed E-state index contributed by atoms with van der Waals surface area (Å²) in [6.07, 6.45) is 21.3. The summed E-state index contributed by atoms with van der Waals surface area (Å²) >= 11 is 0. The molecule has 0 saturated heterocycles. The molecule has 3 rings (SSSR count). The molecule has 0 unspecified atom stereocenters. The second kappa shape index (κ2) is 6.86. The van der Waals surface area contributed by atoms with Crippen molar-refractivity contribution in [1.82, 2.24) is 0 Å². The topological polar surface area (TPSA) is 3.88 Å². The molecule has 0 bridgehead atoms. The van der Waals surface area contributed by atoms with E-state index in [0.717, 1.165) is 0 Å². The molecule has 22 heavy (non-hydrogen) atoms. The zero-order valence-electron chi connectivity index (χ0n) is 12.8. The Bertz CT molecular complexity index is 716. The highest BCUT2D eigenvalue weighted by Gasteiger charge is 1.97. The summed E-state index contributed by atoms with van der Waals surface area (Å²) in [4.78, 5) is 0. The molecule has 0 atom stereocenters. The molecule has 0 amide bonds. The molecule has 2 aromatic rings.